The zero-order valence-corrected chi connectivity index (χ0v) is 24.7. The number of amides is 2. The zero-order valence-electron chi connectivity index (χ0n) is 24.7. The van der Waals surface area contributed by atoms with Gasteiger partial charge in [-0.1, -0.05) is 94.8 Å². The number of carbonyl (C=O) groups excluding carboxylic acids is 2. The van der Waals surface area contributed by atoms with Crippen LogP contribution in [0.15, 0.2) is 78.9 Å². The maximum atomic E-state index is 13.6. The van der Waals surface area contributed by atoms with Gasteiger partial charge in [0, 0.05) is 17.7 Å². The third kappa shape index (κ3) is 6.68. The second-order valence-electron chi connectivity index (χ2n) is 11.9. The summed E-state index contributed by atoms with van der Waals surface area (Å²) in [6.45, 7) is 14.9. The van der Waals surface area contributed by atoms with Crippen molar-refractivity contribution in [1.29, 1.82) is 0 Å². The zero-order chi connectivity index (χ0) is 29.0. The van der Waals surface area contributed by atoms with E-state index in [0.717, 1.165) is 33.6 Å². The van der Waals surface area contributed by atoms with Gasteiger partial charge in [0.05, 0.1) is 11.4 Å². The van der Waals surface area contributed by atoms with Crippen molar-refractivity contribution in [3.05, 3.63) is 101 Å². The Kier molecular flexibility index (Phi) is 8.58. The highest BCUT2D eigenvalue weighted by atomic mass is 16.2. The Bertz CT molecular complexity index is 1460. The highest BCUT2D eigenvalue weighted by Gasteiger charge is 2.24. The van der Waals surface area contributed by atoms with E-state index in [4.69, 9.17) is 5.10 Å². The number of anilines is 1. The van der Waals surface area contributed by atoms with Gasteiger partial charge in [0.15, 0.2) is 0 Å². The molecule has 0 aliphatic heterocycles. The fraction of sp³-hybridized carbons (Fsp3) is 0.324. The van der Waals surface area contributed by atoms with E-state index in [2.05, 4.69) is 26.1 Å². The summed E-state index contributed by atoms with van der Waals surface area (Å²) in [5.74, 6) is 0.358. The summed E-state index contributed by atoms with van der Waals surface area (Å²) in [7, 11) is 0. The summed E-state index contributed by atoms with van der Waals surface area (Å²) in [6.07, 6.45) is 0. The summed E-state index contributed by atoms with van der Waals surface area (Å²) in [5, 5.41) is 7.92. The van der Waals surface area contributed by atoms with Crippen LogP contribution < -0.4 is 5.32 Å². The summed E-state index contributed by atoms with van der Waals surface area (Å²) >= 11 is 0. The van der Waals surface area contributed by atoms with Crippen LogP contribution in [-0.4, -0.2) is 39.6 Å². The SMILES string of the molecule is Cc1ccc(-n2nc(C)c(-c3ccccc3)c2NC(=O)CN(CC(C)C)C(=O)c2ccc(C(C)(C)C)cc2)cc1. The van der Waals surface area contributed by atoms with Crippen LogP contribution in [-0.2, 0) is 10.2 Å². The van der Waals surface area contributed by atoms with Gasteiger partial charge in [-0.15, -0.1) is 0 Å². The van der Waals surface area contributed by atoms with Crippen molar-refractivity contribution in [3.63, 3.8) is 0 Å². The molecule has 0 bridgehead atoms. The molecule has 0 aliphatic carbocycles. The number of nitrogens with zero attached hydrogens (tertiary/aromatic N) is 3. The molecule has 4 aromatic rings. The van der Waals surface area contributed by atoms with Gasteiger partial charge < -0.3 is 10.2 Å². The van der Waals surface area contributed by atoms with Gasteiger partial charge in [-0.2, -0.15) is 5.10 Å². The average Bonchev–Trinajstić information content (AvgIpc) is 3.23. The minimum Gasteiger partial charge on any atom is -0.329 e. The smallest absolute Gasteiger partial charge is 0.254 e. The van der Waals surface area contributed by atoms with Crippen LogP contribution in [0.3, 0.4) is 0 Å². The van der Waals surface area contributed by atoms with E-state index in [1.807, 2.05) is 107 Å². The topological polar surface area (TPSA) is 67.2 Å². The van der Waals surface area contributed by atoms with Crippen LogP contribution in [0, 0.1) is 19.8 Å². The first-order chi connectivity index (χ1) is 18.9. The van der Waals surface area contributed by atoms with Crippen molar-refractivity contribution in [1.82, 2.24) is 14.7 Å². The van der Waals surface area contributed by atoms with E-state index < -0.39 is 0 Å². The van der Waals surface area contributed by atoms with Crippen molar-refractivity contribution < 1.29 is 9.59 Å². The number of carbonyl (C=O) groups is 2. The van der Waals surface area contributed by atoms with Crippen LogP contribution >= 0.6 is 0 Å². The predicted octanol–water partition coefficient (Wildman–Crippen LogP) is 7.19. The molecule has 0 atom stereocenters. The summed E-state index contributed by atoms with van der Waals surface area (Å²) in [6, 6.07) is 25.6. The summed E-state index contributed by atoms with van der Waals surface area (Å²) in [4.78, 5) is 28.8. The molecule has 208 valence electrons. The molecular formula is C34H40N4O2. The lowest BCUT2D eigenvalue weighted by Gasteiger charge is -2.25. The number of nitrogens with one attached hydrogen (secondary N) is 1. The lowest BCUT2D eigenvalue weighted by molar-refractivity contribution is -0.117. The van der Waals surface area contributed by atoms with Crippen LogP contribution in [0.1, 0.15) is 61.8 Å². The van der Waals surface area contributed by atoms with Gasteiger partial charge in [-0.05, 0) is 60.6 Å². The first-order valence-corrected chi connectivity index (χ1v) is 13.9. The lowest BCUT2D eigenvalue weighted by Crippen LogP contribution is -2.40. The molecule has 6 heteroatoms. The molecule has 4 rings (SSSR count). The van der Waals surface area contributed by atoms with Gasteiger partial charge in [0.25, 0.3) is 5.91 Å². The molecule has 3 aromatic carbocycles. The van der Waals surface area contributed by atoms with Gasteiger partial charge in [-0.25, -0.2) is 4.68 Å². The number of hydrogen-bond acceptors (Lipinski definition) is 3. The molecule has 0 spiro atoms. The molecule has 40 heavy (non-hydrogen) atoms. The molecule has 0 fully saturated rings. The van der Waals surface area contributed by atoms with Crippen molar-refractivity contribution in [3.8, 4) is 16.8 Å². The van der Waals surface area contributed by atoms with Crippen molar-refractivity contribution in [2.45, 2.75) is 53.9 Å². The van der Waals surface area contributed by atoms with Crippen molar-refractivity contribution >= 4 is 17.6 Å². The highest BCUT2D eigenvalue weighted by molar-refractivity contribution is 6.01. The van der Waals surface area contributed by atoms with Crippen LogP contribution in [0.4, 0.5) is 5.82 Å². The Morgan fingerprint density at radius 3 is 2.10 bits per heavy atom. The second kappa shape index (κ2) is 11.9. The molecule has 0 unspecified atom stereocenters. The Morgan fingerprint density at radius 2 is 1.52 bits per heavy atom. The highest BCUT2D eigenvalue weighted by Crippen LogP contribution is 2.33. The number of aromatic nitrogens is 2. The molecule has 0 saturated carbocycles. The summed E-state index contributed by atoms with van der Waals surface area (Å²) < 4.78 is 1.77. The molecule has 1 aromatic heterocycles. The second-order valence-corrected chi connectivity index (χ2v) is 11.9. The Balaban J connectivity index is 1.65. The van der Waals surface area contributed by atoms with Gasteiger partial charge in [-0.3, -0.25) is 9.59 Å². The number of hydrogen-bond donors (Lipinski definition) is 1. The normalized spacial score (nSPS) is 11.5. The van der Waals surface area contributed by atoms with E-state index in [1.165, 1.54) is 0 Å². The van der Waals surface area contributed by atoms with Gasteiger partial charge in [0.2, 0.25) is 5.91 Å². The van der Waals surface area contributed by atoms with Crippen LogP contribution in [0.2, 0.25) is 0 Å². The number of benzene rings is 3. The first kappa shape index (κ1) is 28.8. The third-order valence-corrected chi connectivity index (χ3v) is 6.86. The maximum Gasteiger partial charge on any atom is 0.254 e. The Hall–Kier alpha value is -4.19. The monoisotopic (exact) mass is 536 g/mol. The Labute approximate surface area is 238 Å². The number of rotatable bonds is 8. The molecule has 0 radical (unpaired) electrons. The largest absolute Gasteiger partial charge is 0.329 e. The van der Waals surface area contributed by atoms with E-state index in [9.17, 15) is 9.59 Å². The standard InChI is InChI=1S/C34H40N4O2/c1-23(2)21-37(33(40)27-15-17-28(18-16-27)34(5,6)7)22-30(39)35-32-31(26-11-9-8-10-12-26)25(4)36-38(32)29-19-13-24(3)14-20-29/h8-20,23H,21-22H2,1-7H3,(H,35,39). The van der Waals surface area contributed by atoms with E-state index in [-0.39, 0.29) is 29.7 Å². The summed E-state index contributed by atoms with van der Waals surface area (Å²) in [5.41, 5.74) is 6.33. The quantitative estimate of drug-likeness (QED) is 0.259. The molecule has 1 N–H and O–H groups in total. The van der Waals surface area contributed by atoms with E-state index in [1.54, 1.807) is 9.58 Å². The minimum absolute atomic E-state index is 0.00588. The average molecular weight is 537 g/mol. The Morgan fingerprint density at radius 1 is 0.900 bits per heavy atom. The minimum atomic E-state index is -0.272. The van der Waals surface area contributed by atoms with Gasteiger partial charge >= 0.3 is 0 Å². The van der Waals surface area contributed by atoms with Gasteiger partial charge in [0.1, 0.15) is 12.4 Å². The molecule has 0 saturated heterocycles. The molecule has 0 aliphatic rings. The fourth-order valence-electron chi connectivity index (χ4n) is 4.77. The molecule has 6 nitrogen and oxygen atoms in total. The predicted molar refractivity (Wildman–Crippen MR) is 163 cm³/mol. The third-order valence-electron chi connectivity index (χ3n) is 6.86. The van der Waals surface area contributed by atoms with Crippen molar-refractivity contribution in [2.75, 3.05) is 18.4 Å². The maximum absolute atomic E-state index is 13.6. The fourth-order valence-corrected chi connectivity index (χ4v) is 4.77. The molecular weight excluding hydrogens is 496 g/mol. The van der Waals surface area contributed by atoms with E-state index >= 15 is 0 Å². The lowest BCUT2D eigenvalue weighted by atomic mass is 9.86. The first-order valence-electron chi connectivity index (χ1n) is 13.9. The van der Waals surface area contributed by atoms with Crippen LogP contribution in [0.25, 0.3) is 16.8 Å². The number of aryl methyl sites for hydroxylation is 2. The van der Waals surface area contributed by atoms with E-state index in [0.29, 0.717) is 17.9 Å². The van der Waals surface area contributed by atoms with Crippen LogP contribution in [0.5, 0.6) is 0 Å². The molecule has 2 amide bonds. The van der Waals surface area contributed by atoms with Crippen molar-refractivity contribution in [2.24, 2.45) is 5.92 Å². The molecule has 1 heterocycles.